The minimum absolute atomic E-state index is 0. The summed E-state index contributed by atoms with van der Waals surface area (Å²) in [6.45, 7) is 5.49. The van der Waals surface area contributed by atoms with Crippen LogP contribution in [0.1, 0.15) is 68.3 Å². The number of primary amides is 1. The SMILES string of the molecule is CC[C@]1(N2CCC(n3c(=O)oc4ccc(C(N)=O)cc43)CC2)CC[C@H](OCCOC)CC1.Cl. The fourth-order valence-corrected chi connectivity index (χ4v) is 5.62. The van der Waals surface area contributed by atoms with Gasteiger partial charge in [-0.3, -0.25) is 14.3 Å². The third-order valence-electron chi connectivity index (χ3n) is 7.56. The van der Waals surface area contributed by atoms with E-state index in [9.17, 15) is 9.59 Å². The van der Waals surface area contributed by atoms with Gasteiger partial charge in [0.1, 0.15) is 0 Å². The molecule has 2 aromatic rings. The molecule has 1 aliphatic carbocycles. The quantitative estimate of drug-likeness (QED) is 0.579. The molecular weight excluding hydrogens is 446 g/mol. The van der Waals surface area contributed by atoms with E-state index in [0.29, 0.717) is 36.0 Å². The summed E-state index contributed by atoms with van der Waals surface area (Å²) < 4.78 is 18.2. The second-order valence-electron chi connectivity index (χ2n) is 9.14. The minimum atomic E-state index is -0.506. The largest absolute Gasteiger partial charge is 0.420 e. The molecule has 4 rings (SSSR count). The first-order chi connectivity index (χ1) is 15.5. The lowest BCUT2D eigenvalue weighted by molar-refractivity contribution is -0.0492. The Labute approximate surface area is 200 Å². The fraction of sp³-hybridized carbons (Fsp3) is 0.667. The molecule has 9 heteroatoms. The van der Waals surface area contributed by atoms with Crippen LogP contribution < -0.4 is 11.5 Å². The lowest BCUT2D eigenvalue weighted by Gasteiger charge is -2.50. The summed E-state index contributed by atoms with van der Waals surface area (Å²) in [5.41, 5.74) is 7.20. The highest BCUT2D eigenvalue weighted by Gasteiger charge is 2.41. The molecule has 1 saturated carbocycles. The minimum Gasteiger partial charge on any atom is -0.408 e. The number of likely N-dealkylation sites (tertiary alicyclic amines) is 1. The van der Waals surface area contributed by atoms with Crippen molar-refractivity contribution in [3.8, 4) is 0 Å². The molecule has 1 aromatic carbocycles. The number of halogens is 1. The number of oxazole rings is 1. The highest BCUT2D eigenvalue weighted by Crippen LogP contribution is 2.40. The third kappa shape index (κ3) is 5.29. The van der Waals surface area contributed by atoms with Crippen LogP contribution in [0, 0.1) is 0 Å². The number of carbonyl (C=O) groups is 1. The van der Waals surface area contributed by atoms with E-state index in [0.717, 1.165) is 58.0 Å². The molecule has 8 nitrogen and oxygen atoms in total. The smallest absolute Gasteiger partial charge is 0.408 e. The normalized spacial score (nSPS) is 24.6. The van der Waals surface area contributed by atoms with Crippen LogP contribution in [0.15, 0.2) is 27.4 Å². The van der Waals surface area contributed by atoms with E-state index in [-0.39, 0.29) is 29.7 Å². The zero-order valence-corrected chi connectivity index (χ0v) is 20.4. The maximum absolute atomic E-state index is 12.6. The van der Waals surface area contributed by atoms with Gasteiger partial charge in [0.25, 0.3) is 0 Å². The molecule has 1 amide bonds. The maximum Gasteiger partial charge on any atom is 0.420 e. The van der Waals surface area contributed by atoms with Gasteiger partial charge in [-0.2, -0.15) is 0 Å². The summed E-state index contributed by atoms with van der Waals surface area (Å²) in [6.07, 6.45) is 7.66. The van der Waals surface area contributed by atoms with E-state index in [4.69, 9.17) is 19.6 Å². The van der Waals surface area contributed by atoms with Crippen LogP contribution in [0.3, 0.4) is 0 Å². The lowest BCUT2D eigenvalue weighted by atomic mass is 9.76. The van der Waals surface area contributed by atoms with Crippen molar-refractivity contribution in [1.29, 1.82) is 0 Å². The van der Waals surface area contributed by atoms with E-state index in [1.807, 2.05) is 0 Å². The van der Waals surface area contributed by atoms with Gasteiger partial charge < -0.3 is 19.6 Å². The Bertz CT molecular complexity index is 988. The standard InChI is InChI=1S/C24H35N3O5.ClH/c1-3-24(10-6-19(7-11-24)31-15-14-30-2)26-12-8-18(9-13-26)27-20-16-17(22(25)28)4-5-21(20)32-23(27)29;/h4-5,16,18-19H,3,6-15H2,1-2H3,(H2,25,28);1H/t19-,24-;. The van der Waals surface area contributed by atoms with Gasteiger partial charge in [0.2, 0.25) is 5.91 Å². The molecule has 2 fully saturated rings. The van der Waals surface area contributed by atoms with Crippen molar-refractivity contribution in [2.24, 2.45) is 5.73 Å². The topological polar surface area (TPSA) is 99.9 Å². The summed E-state index contributed by atoms with van der Waals surface area (Å²) >= 11 is 0. The number of nitrogens with zero attached hydrogens (tertiary/aromatic N) is 2. The Kier molecular flexibility index (Phi) is 8.61. The molecule has 184 valence electrons. The highest BCUT2D eigenvalue weighted by atomic mass is 35.5. The van der Waals surface area contributed by atoms with Crippen LogP contribution in [0.5, 0.6) is 0 Å². The lowest BCUT2D eigenvalue weighted by Crippen LogP contribution is -2.54. The van der Waals surface area contributed by atoms with E-state index in [2.05, 4.69) is 11.8 Å². The number of fused-ring (bicyclic) bond motifs is 1. The molecule has 2 heterocycles. The van der Waals surface area contributed by atoms with Crippen LogP contribution in [-0.2, 0) is 9.47 Å². The summed E-state index contributed by atoms with van der Waals surface area (Å²) in [7, 11) is 1.70. The molecule has 33 heavy (non-hydrogen) atoms. The second kappa shape index (κ2) is 11.0. The Balaban J connectivity index is 0.00000306. The highest BCUT2D eigenvalue weighted by molar-refractivity contribution is 5.96. The Morgan fingerprint density at radius 2 is 1.88 bits per heavy atom. The summed E-state index contributed by atoms with van der Waals surface area (Å²) in [6, 6.07) is 4.99. The third-order valence-corrected chi connectivity index (χ3v) is 7.56. The number of methoxy groups -OCH3 is 1. The average molecular weight is 482 g/mol. The Hall–Kier alpha value is -1.87. The van der Waals surface area contributed by atoms with Gasteiger partial charge in [0, 0.05) is 37.3 Å². The molecule has 0 spiro atoms. The van der Waals surface area contributed by atoms with Gasteiger partial charge in [0.15, 0.2) is 5.58 Å². The maximum atomic E-state index is 12.6. The molecule has 0 atom stereocenters. The van der Waals surface area contributed by atoms with Gasteiger partial charge >= 0.3 is 5.76 Å². The molecule has 1 saturated heterocycles. The van der Waals surface area contributed by atoms with Crippen molar-refractivity contribution >= 4 is 29.4 Å². The van der Waals surface area contributed by atoms with Gasteiger partial charge in [0.05, 0.1) is 24.8 Å². The predicted molar refractivity (Wildman–Crippen MR) is 129 cm³/mol. The first-order valence-electron chi connectivity index (χ1n) is 11.8. The van der Waals surface area contributed by atoms with Crippen LogP contribution in [-0.4, -0.2) is 60.4 Å². The number of amides is 1. The number of rotatable bonds is 8. The van der Waals surface area contributed by atoms with E-state index < -0.39 is 5.91 Å². The molecule has 0 bridgehead atoms. The van der Waals surface area contributed by atoms with Crippen molar-refractivity contribution in [2.45, 2.75) is 69.6 Å². The number of benzene rings is 1. The van der Waals surface area contributed by atoms with Crippen LogP contribution in [0.2, 0.25) is 0 Å². The van der Waals surface area contributed by atoms with Crippen LogP contribution in [0.4, 0.5) is 0 Å². The van der Waals surface area contributed by atoms with Crippen molar-refractivity contribution in [2.75, 3.05) is 33.4 Å². The molecule has 1 aromatic heterocycles. The molecule has 0 unspecified atom stereocenters. The molecule has 0 radical (unpaired) electrons. The van der Waals surface area contributed by atoms with E-state index >= 15 is 0 Å². The zero-order chi connectivity index (χ0) is 22.7. The van der Waals surface area contributed by atoms with Gasteiger partial charge in [-0.05, 0) is 63.1 Å². The summed E-state index contributed by atoms with van der Waals surface area (Å²) in [4.78, 5) is 26.8. The molecule has 2 N–H and O–H groups in total. The number of ether oxygens (including phenoxy) is 2. The predicted octanol–water partition coefficient (Wildman–Crippen LogP) is 3.51. The number of piperidine rings is 1. The molecule has 1 aliphatic heterocycles. The van der Waals surface area contributed by atoms with Crippen molar-refractivity contribution in [3.05, 3.63) is 34.3 Å². The average Bonchev–Trinajstić information content (AvgIpc) is 3.14. The Morgan fingerprint density at radius 1 is 1.18 bits per heavy atom. The van der Waals surface area contributed by atoms with Crippen molar-refractivity contribution < 1.29 is 18.7 Å². The first-order valence-corrected chi connectivity index (χ1v) is 11.8. The van der Waals surface area contributed by atoms with Crippen LogP contribution in [0.25, 0.3) is 11.1 Å². The van der Waals surface area contributed by atoms with Gasteiger partial charge in [-0.25, -0.2) is 4.79 Å². The number of hydrogen-bond donors (Lipinski definition) is 1. The van der Waals surface area contributed by atoms with Gasteiger partial charge in [-0.1, -0.05) is 6.92 Å². The van der Waals surface area contributed by atoms with E-state index in [1.54, 1.807) is 29.9 Å². The fourth-order valence-electron chi connectivity index (χ4n) is 5.62. The number of nitrogens with two attached hydrogens (primary N) is 1. The number of carbonyl (C=O) groups excluding carboxylic acids is 1. The second-order valence-corrected chi connectivity index (χ2v) is 9.14. The number of aromatic nitrogens is 1. The van der Waals surface area contributed by atoms with Crippen molar-refractivity contribution in [3.63, 3.8) is 0 Å². The first kappa shape index (κ1) is 25.7. The van der Waals surface area contributed by atoms with Gasteiger partial charge in [-0.15, -0.1) is 12.4 Å². The summed E-state index contributed by atoms with van der Waals surface area (Å²) in [5, 5.41) is 0. The Morgan fingerprint density at radius 3 is 2.48 bits per heavy atom. The van der Waals surface area contributed by atoms with Crippen LogP contribution >= 0.6 is 12.4 Å². The summed E-state index contributed by atoms with van der Waals surface area (Å²) in [5.74, 6) is -0.868. The molecule has 2 aliphatic rings. The zero-order valence-electron chi connectivity index (χ0n) is 19.6. The number of hydrogen-bond acceptors (Lipinski definition) is 6. The van der Waals surface area contributed by atoms with E-state index in [1.165, 1.54) is 0 Å². The monoisotopic (exact) mass is 481 g/mol. The van der Waals surface area contributed by atoms with Crippen molar-refractivity contribution in [1.82, 2.24) is 9.47 Å². The molecular formula is C24H36ClN3O5.